The van der Waals surface area contributed by atoms with E-state index in [4.69, 9.17) is 5.26 Å². The first-order valence-electron chi connectivity index (χ1n) is 4.33. The van der Waals surface area contributed by atoms with Gasteiger partial charge in [-0.2, -0.15) is 5.26 Å². The molecule has 0 fully saturated rings. The third-order valence-electron chi connectivity index (χ3n) is 2.01. The normalized spacial score (nSPS) is 9.62. The number of hydrogen-bond acceptors (Lipinski definition) is 1. The number of alkyl halides is 1. The number of rotatable bonds is 3. The van der Waals surface area contributed by atoms with E-state index in [2.05, 4.69) is 28.1 Å². The molecular weight excluding hydrogens is 226 g/mol. The molecule has 0 N–H and O–H groups in total. The minimum absolute atomic E-state index is 0.780. The van der Waals surface area contributed by atoms with Crippen LogP contribution in [0.4, 0.5) is 0 Å². The molecule has 1 aromatic rings. The molecule has 0 aliphatic rings. The maximum absolute atomic E-state index is 8.73. The zero-order valence-corrected chi connectivity index (χ0v) is 9.26. The SMILES string of the molecule is Cc1cc(CCCBr)ccc1C#N. The van der Waals surface area contributed by atoms with E-state index in [9.17, 15) is 0 Å². The highest BCUT2D eigenvalue weighted by Crippen LogP contribution is 2.11. The first-order chi connectivity index (χ1) is 6.27. The number of aryl methyl sites for hydroxylation is 2. The molecule has 0 saturated carbocycles. The first-order valence-corrected chi connectivity index (χ1v) is 5.45. The largest absolute Gasteiger partial charge is 0.192 e. The van der Waals surface area contributed by atoms with Crippen molar-refractivity contribution >= 4 is 15.9 Å². The smallest absolute Gasteiger partial charge is 0.0994 e. The summed E-state index contributed by atoms with van der Waals surface area (Å²) in [4.78, 5) is 0. The van der Waals surface area contributed by atoms with Gasteiger partial charge in [-0.1, -0.05) is 28.1 Å². The van der Waals surface area contributed by atoms with Crippen molar-refractivity contribution in [2.75, 3.05) is 5.33 Å². The van der Waals surface area contributed by atoms with Crippen molar-refractivity contribution in [3.63, 3.8) is 0 Å². The van der Waals surface area contributed by atoms with Crippen molar-refractivity contribution in [3.8, 4) is 6.07 Å². The fourth-order valence-corrected chi connectivity index (χ4v) is 1.56. The van der Waals surface area contributed by atoms with Gasteiger partial charge in [-0.05, 0) is 37.0 Å². The maximum Gasteiger partial charge on any atom is 0.0994 e. The van der Waals surface area contributed by atoms with Crippen LogP contribution in [0, 0.1) is 18.3 Å². The van der Waals surface area contributed by atoms with Crippen molar-refractivity contribution in [2.45, 2.75) is 19.8 Å². The number of benzene rings is 1. The zero-order valence-electron chi connectivity index (χ0n) is 7.68. The van der Waals surface area contributed by atoms with Crippen LogP contribution in [0.2, 0.25) is 0 Å². The van der Waals surface area contributed by atoms with Crippen LogP contribution in [0.3, 0.4) is 0 Å². The molecule has 0 heterocycles. The summed E-state index contributed by atoms with van der Waals surface area (Å²) in [5.74, 6) is 0. The lowest BCUT2D eigenvalue weighted by atomic mass is 10.0. The highest BCUT2D eigenvalue weighted by atomic mass is 79.9. The second-order valence-corrected chi connectivity index (χ2v) is 3.85. The van der Waals surface area contributed by atoms with E-state index >= 15 is 0 Å². The minimum atomic E-state index is 0.780. The van der Waals surface area contributed by atoms with E-state index < -0.39 is 0 Å². The molecule has 0 aliphatic heterocycles. The summed E-state index contributed by atoms with van der Waals surface area (Å²) >= 11 is 3.40. The molecule has 2 heteroatoms. The van der Waals surface area contributed by atoms with E-state index in [1.165, 1.54) is 5.56 Å². The van der Waals surface area contributed by atoms with Gasteiger partial charge >= 0.3 is 0 Å². The molecule has 0 aromatic heterocycles. The highest BCUT2D eigenvalue weighted by molar-refractivity contribution is 9.09. The summed E-state index contributed by atoms with van der Waals surface area (Å²) in [6.07, 6.45) is 2.23. The highest BCUT2D eigenvalue weighted by Gasteiger charge is 1.98. The Hall–Kier alpha value is -0.810. The quantitative estimate of drug-likeness (QED) is 0.742. The van der Waals surface area contributed by atoms with Crippen LogP contribution in [0.1, 0.15) is 23.1 Å². The van der Waals surface area contributed by atoms with Crippen molar-refractivity contribution in [2.24, 2.45) is 0 Å². The molecule has 1 aromatic carbocycles. The average molecular weight is 238 g/mol. The third kappa shape index (κ3) is 2.86. The third-order valence-corrected chi connectivity index (χ3v) is 2.57. The van der Waals surface area contributed by atoms with Crippen molar-refractivity contribution in [1.82, 2.24) is 0 Å². The molecule has 13 heavy (non-hydrogen) atoms. The van der Waals surface area contributed by atoms with Gasteiger partial charge in [-0.15, -0.1) is 0 Å². The van der Waals surface area contributed by atoms with E-state index in [1.807, 2.05) is 19.1 Å². The van der Waals surface area contributed by atoms with Crippen LogP contribution < -0.4 is 0 Å². The Labute approximate surface area is 87.5 Å². The average Bonchev–Trinajstić information content (AvgIpc) is 2.15. The fraction of sp³-hybridized carbons (Fsp3) is 0.364. The lowest BCUT2D eigenvalue weighted by Gasteiger charge is -2.02. The lowest BCUT2D eigenvalue weighted by molar-refractivity contribution is 0.937. The first kappa shape index (κ1) is 10.3. The maximum atomic E-state index is 8.73. The summed E-state index contributed by atoms with van der Waals surface area (Å²) in [5.41, 5.74) is 3.17. The zero-order chi connectivity index (χ0) is 9.68. The van der Waals surface area contributed by atoms with Crippen molar-refractivity contribution in [3.05, 3.63) is 34.9 Å². The minimum Gasteiger partial charge on any atom is -0.192 e. The van der Waals surface area contributed by atoms with Gasteiger partial charge in [0.15, 0.2) is 0 Å². The van der Waals surface area contributed by atoms with Gasteiger partial charge in [-0.3, -0.25) is 0 Å². The van der Waals surface area contributed by atoms with Crippen molar-refractivity contribution < 1.29 is 0 Å². The number of halogens is 1. The van der Waals surface area contributed by atoms with Crippen LogP contribution in [0.25, 0.3) is 0 Å². The number of nitriles is 1. The van der Waals surface area contributed by atoms with Gasteiger partial charge in [0, 0.05) is 5.33 Å². The van der Waals surface area contributed by atoms with Crippen molar-refractivity contribution in [1.29, 1.82) is 5.26 Å². The number of hydrogen-bond donors (Lipinski definition) is 0. The predicted molar refractivity (Wildman–Crippen MR) is 58.0 cm³/mol. The molecule has 0 atom stereocenters. The van der Waals surface area contributed by atoms with Gasteiger partial charge in [0.05, 0.1) is 11.6 Å². The topological polar surface area (TPSA) is 23.8 Å². The van der Waals surface area contributed by atoms with Crippen LogP contribution in [-0.2, 0) is 6.42 Å². The molecule has 0 aliphatic carbocycles. The molecule has 1 rings (SSSR count). The second-order valence-electron chi connectivity index (χ2n) is 3.05. The van der Waals surface area contributed by atoms with E-state index in [-0.39, 0.29) is 0 Å². The van der Waals surface area contributed by atoms with Gasteiger partial charge in [-0.25, -0.2) is 0 Å². The molecule has 0 amide bonds. The Balaban J connectivity index is 2.79. The van der Waals surface area contributed by atoms with Crippen LogP contribution >= 0.6 is 15.9 Å². The molecule has 0 saturated heterocycles. The molecule has 0 spiro atoms. The summed E-state index contributed by atoms with van der Waals surface area (Å²) in [7, 11) is 0. The predicted octanol–water partition coefficient (Wildman–Crippen LogP) is 3.19. The Morgan fingerprint density at radius 1 is 1.46 bits per heavy atom. The summed E-state index contributed by atoms with van der Waals surface area (Å²) in [6.45, 7) is 1.98. The monoisotopic (exact) mass is 237 g/mol. The number of nitrogens with zero attached hydrogens (tertiary/aromatic N) is 1. The van der Waals surface area contributed by atoms with E-state index in [1.54, 1.807) is 0 Å². The van der Waals surface area contributed by atoms with Gasteiger partial charge in [0.25, 0.3) is 0 Å². The van der Waals surface area contributed by atoms with Gasteiger partial charge in [0.2, 0.25) is 0 Å². The lowest BCUT2D eigenvalue weighted by Crippen LogP contribution is -1.89. The van der Waals surface area contributed by atoms with Crippen LogP contribution in [0.15, 0.2) is 18.2 Å². The van der Waals surface area contributed by atoms with Crippen LogP contribution in [-0.4, -0.2) is 5.33 Å². The fourth-order valence-electron chi connectivity index (χ4n) is 1.28. The van der Waals surface area contributed by atoms with E-state index in [0.29, 0.717) is 0 Å². The molecule has 1 nitrogen and oxygen atoms in total. The molecule has 0 radical (unpaired) electrons. The summed E-state index contributed by atoms with van der Waals surface area (Å²) in [6, 6.07) is 8.21. The Bertz CT molecular complexity index is 325. The van der Waals surface area contributed by atoms with Gasteiger partial charge < -0.3 is 0 Å². The Kier molecular flexibility index (Phi) is 3.98. The second kappa shape index (κ2) is 5.04. The van der Waals surface area contributed by atoms with E-state index in [0.717, 1.165) is 29.3 Å². The molecule has 0 unspecified atom stereocenters. The molecular formula is C11H12BrN. The van der Waals surface area contributed by atoms with Gasteiger partial charge in [0.1, 0.15) is 0 Å². The summed E-state index contributed by atoms with van der Waals surface area (Å²) < 4.78 is 0. The molecule has 68 valence electrons. The molecule has 0 bridgehead atoms. The standard InChI is InChI=1S/C11H12BrN/c1-9-7-10(3-2-6-12)4-5-11(9)8-13/h4-5,7H,2-3,6H2,1H3. The summed E-state index contributed by atoms with van der Waals surface area (Å²) in [5, 5.41) is 9.76. The Morgan fingerprint density at radius 2 is 2.23 bits per heavy atom. The Morgan fingerprint density at radius 3 is 2.77 bits per heavy atom. The van der Waals surface area contributed by atoms with Crippen LogP contribution in [0.5, 0.6) is 0 Å².